The fourth-order valence-corrected chi connectivity index (χ4v) is 0.818. The van der Waals surface area contributed by atoms with E-state index >= 15 is 0 Å². The van der Waals surface area contributed by atoms with Crippen LogP contribution < -0.4 is 0 Å². The van der Waals surface area contributed by atoms with E-state index in [1.165, 1.54) is 12.1 Å². The summed E-state index contributed by atoms with van der Waals surface area (Å²) >= 11 is 0. The zero-order chi connectivity index (χ0) is 11.0. The van der Waals surface area contributed by atoms with Crippen molar-refractivity contribution < 1.29 is 20.0 Å². The molecule has 0 unspecified atom stereocenters. The Kier molecular flexibility index (Phi) is 6.36. The van der Waals surface area contributed by atoms with Gasteiger partial charge in [0.2, 0.25) is 0 Å². The molecule has 0 radical (unpaired) electrons. The molecule has 4 nitrogen and oxygen atoms in total. The molecule has 0 aliphatic heterocycles. The van der Waals surface area contributed by atoms with Gasteiger partial charge in [-0.15, -0.1) is 0 Å². The van der Waals surface area contributed by atoms with E-state index in [2.05, 4.69) is 4.89 Å². The Labute approximate surface area is 82.7 Å². The first-order valence-electron chi connectivity index (χ1n) is 4.32. The van der Waals surface area contributed by atoms with Crippen LogP contribution >= 0.6 is 0 Å². The van der Waals surface area contributed by atoms with Gasteiger partial charge in [0.15, 0.2) is 0 Å². The molecule has 0 atom stereocenters. The van der Waals surface area contributed by atoms with Crippen molar-refractivity contribution in [1.82, 2.24) is 0 Å². The number of rotatable bonds is 3. The summed E-state index contributed by atoms with van der Waals surface area (Å²) in [5, 5.41) is 16.6. The molecule has 0 amide bonds. The Morgan fingerprint density at radius 3 is 2.14 bits per heavy atom. The molecule has 0 spiro atoms. The average Bonchev–Trinajstić information content (AvgIpc) is 2.22. The molecule has 4 heteroatoms. The SMILES string of the molecule is CC.O=C(O)c1ccc(COO)cc1. The Bertz CT molecular complexity index is 266. The molecule has 0 saturated carbocycles. The lowest BCUT2D eigenvalue weighted by Crippen LogP contribution is -1.96. The molecule has 0 heterocycles. The molecular weight excluding hydrogens is 184 g/mol. The van der Waals surface area contributed by atoms with Gasteiger partial charge in [0, 0.05) is 0 Å². The molecule has 2 N–H and O–H groups in total. The second-order valence-electron chi connectivity index (χ2n) is 2.28. The van der Waals surface area contributed by atoms with E-state index in [9.17, 15) is 4.79 Å². The number of carbonyl (C=O) groups is 1. The van der Waals surface area contributed by atoms with Gasteiger partial charge in [-0.2, -0.15) is 0 Å². The number of carboxylic acid groups (broad SMARTS) is 1. The first kappa shape index (κ1) is 12.6. The first-order valence-corrected chi connectivity index (χ1v) is 4.32. The van der Waals surface area contributed by atoms with Crippen LogP contribution in [-0.4, -0.2) is 16.3 Å². The number of benzene rings is 1. The Balaban J connectivity index is 0.000000791. The van der Waals surface area contributed by atoms with Gasteiger partial charge in [-0.05, 0) is 17.7 Å². The summed E-state index contributed by atoms with van der Waals surface area (Å²) in [6, 6.07) is 6.08. The standard InChI is InChI=1S/C8H8O4.C2H6/c9-8(10)7-3-1-6(2-4-7)5-12-11;1-2/h1-4,11H,5H2,(H,9,10);1-2H3. The van der Waals surface area contributed by atoms with E-state index in [0.29, 0.717) is 0 Å². The molecule has 1 aromatic carbocycles. The van der Waals surface area contributed by atoms with Crippen LogP contribution in [0.1, 0.15) is 29.8 Å². The summed E-state index contributed by atoms with van der Waals surface area (Å²) < 4.78 is 0. The van der Waals surface area contributed by atoms with E-state index in [0.717, 1.165) is 5.56 Å². The van der Waals surface area contributed by atoms with Crippen LogP contribution in [0.5, 0.6) is 0 Å². The van der Waals surface area contributed by atoms with Crippen molar-refractivity contribution in [3.8, 4) is 0 Å². The summed E-state index contributed by atoms with van der Waals surface area (Å²) in [7, 11) is 0. The van der Waals surface area contributed by atoms with Crippen molar-refractivity contribution in [1.29, 1.82) is 0 Å². The van der Waals surface area contributed by atoms with E-state index in [4.69, 9.17) is 10.4 Å². The lowest BCUT2D eigenvalue weighted by molar-refractivity contribution is -0.253. The highest BCUT2D eigenvalue weighted by Crippen LogP contribution is 2.04. The Morgan fingerprint density at radius 2 is 1.79 bits per heavy atom. The Hall–Kier alpha value is -1.39. The normalized spacial score (nSPS) is 8.79. The molecule has 0 fully saturated rings. The van der Waals surface area contributed by atoms with E-state index in [1.807, 2.05) is 13.8 Å². The van der Waals surface area contributed by atoms with Crippen LogP contribution in [0.4, 0.5) is 0 Å². The highest BCUT2D eigenvalue weighted by molar-refractivity contribution is 5.87. The van der Waals surface area contributed by atoms with Crippen LogP contribution in [0.25, 0.3) is 0 Å². The third kappa shape index (κ3) is 4.02. The molecule has 78 valence electrons. The van der Waals surface area contributed by atoms with Gasteiger partial charge in [-0.3, -0.25) is 5.26 Å². The van der Waals surface area contributed by atoms with Gasteiger partial charge in [0.25, 0.3) is 0 Å². The summed E-state index contributed by atoms with van der Waals surface area (Å²) in [5.74, 6) is -0.966. The van der Waals surface area contributed by atoms with Gasteiger partial charge < -0.3 is 5.11 Å². The second-order valence-corrected chi connectivity index (χ2v) is 2.28. The summed E-state index contributed by atoms with van der Waals surface area (Å²) in [4.78, 5) is 14.3. The van der Waals surface area contributed by atoms with Crippen LogP contribution in [0.3, 0.4) is 0 Å². The van der Waals surface area contributed by atoms with Crippen molar-refractivity contribution >= 4 is 5.97 Å². The minimum absolute atomic E-state index is 0.0693. The number of hydrogen-bond acceptors (Lipinski definition) is 3. The average molecular weight is 198 g/mol. The fraction of sp³-hybridized carbons (Fsp3) is 0.300. The lowest BCUT2D eigenvalue weighted by atomic mass is 10.1. The third-order valence-electron chi connectivity index (χ3n) is 1.43. The van der Waals surface area contributed by atoms with Crippen LogP contribution in [0.15, 0.2) is 24.3 Å². The monoisotopic (exact) mass is 198 g/mol. The largest absolute Gasteiger partial charge is 0.478 e. The lowest BCUT2D eigenvalue weighted by Gasteiger charge is -1.97. The summed E-state index contributed by atoms with van der Waals surface area (Å²) in [6.07, 6.45) is 0. The second kappa shape index (κ2) is 7.06. The molecule has 0 bridgehead atoms. The molecule has 0 aromatic heterocycles. The maximum atomic E-state index is 10.4. The van der Waals surface area contributed by atoms with Crippen LogP contribution in [0, 0.1) is 0 Å². The first-order chi connectivity index (χ1) is 6.74. The predicted molar refractivity (Wildman–Crippen MR) is 52.2 cm³/mol. The van der Waals surface area contributed by atoms with E-state index in [1.54, 1.807) is 12.1 Å². The Morgan fingerprint density at radius 1 is 1.29 bits per heavy atom. The summed E-state index contributed by atoms with van der Waals surface area (Å²) in [5.41, 5.74) is 0.944. The minimum atomic E-state index is -0.966. The van der Waals surface area contributed by atoms with Crippen LogP contribution in [0.2, 0.25) is 0 Å². The topological polar surface area (TPSA) is 66.8 Å². The maximum Gasteiger partial charge on any atom is 0.335 e. The number of hydrogen-bond donors (Lipinski definition) is 2. The molecule has 14 heavy (non-hydrogen) atoms. The molecule has 1 aromatic rings. The quantitative estimate of drug-likeness (QED) is 0.578. The van der Waals surface area contributed by atoms with Gasteiger partial charge in [0.1, 0.15) is 6.61 Å². The maximum absolute atomic E-state index is 10.4. The van der Waals surface area contributed by atoms with Gasteiger partial charge >= 0.3 is 5.97 Å². The number of aromatic carboxylic acids is 1. The van der Waals surface area contributed by atoms with Gasteiger partial charge in [-0.25, -0.2) is 9.68 Å². The van der Waals surface area contributed by atoms with Crippen molar-refractivity contribution in [3.05, 3.63) is 35.4 Å². The highest BCUT2D eigenvalue weighted by atomic mass is 17.1. The predicted octanol–water partition coefficient (Wildman–Crippen LogP) is 2.40. The molecular formula is C10H14O4. The number of carboxylic acids is 1. The smallest absolute Gasteiger partial charge is 0.335 e. The zero-order valence-electron chi connectivity index (χ0n) is 8.23. The van der Waals surface area contributed by atoms with Gasteiger partial charge in [0.05, 0.1) is 5.56 Å². The minimum Gasteiger partial charge on any atom is -0.478 e. The highest BCUT2D eigenvalue weighted by Gasteiger charge is 2.00. The molecule has 0 saturated heterocycles. The van der Waals surface area contributed by atoms with E-state index in [-0.39, 0.29) is 12.2 Å². The van der Waals surface area contributed by atoms with Crippen molar-refractivity contribution in [2.75, 3.05) is 0 Å². The molecule has 0 aliphatic rings. The zero-order valence-corrected chi connectivity index (χ0v) is 8.23. The van der Waals surface area contributed by atoms with Crippen molar-refractivity contribution in [2.45, 2.75) is 20.5 Å². The van der Waals surface area contributed by atoms with Crippen molar-refractivity contribution in [3.63, 3.8) is 0 Å². The summed E-state index contributed by atoms with van der Waals surface area (Å²) in [6.45, 7) is 4.07. The van der Waals surface area contributed by atoms with Gasteiger partial charge in [-0.1, -0.05) is 26.0 Å². The van der Waals surface area contributed by atoms with E-state index < -0.39 is 5.97 Å². The molecule has 0 aliphatic carbocycles. The molecule has 1 rings (SSSR count). The third-order valence-corrected chi connectivity index (χ3v) is 1.43. The van der Waals surface area contributed by atoms with Crippen LogP contribution in [-0.2, 0) is 11.5 Å². The van der Waals surface area contributed by atoms with Crippen molar-refractivity contribution in [2.24, 2.45) is 0 Å². The fourth-order valence-electron chi connectivity index (χ4n) is 0.818.